The fraction of sp³-hybridized carbons (Fsp3) is 0.464. The van der Waals surface area contributed by atoms with Gasteiger partial charge in [-0.25, -0.2) is 8.78 Å². The van der Waals surface area contributed by atoms with Gasteiger partial charge >= 0.3 is 0 Å². The summed E-state index contributed by atoms with van der Waals surface area (Å²) in [7, 11) is 0. The number of amides is 1. The van der Waals surface area contributed by atoms with Crippen LogP contribution in [0.3, 0.4) is 0 Å². The van der Waals surface area contributed by atoms with Gasteiger partial charge in [0.25, 0.3) is 5.91 Å². The molecule has 0 bridgehead atoms. The first-order valence-corrected chi connectivity index (χ1v) is 13.4. The summed E-state index contributed by atoms with van der Waals surface area (Å²) in [5.74, 6) is -1.46. The molecular formula is C28H31ClF2N4O2. The number of fused-ring (bicyclic) bond motifs is 3. The number of carbonyl (C=O) groups is 1. The van der Waals surface area contributed by atoms with E-state index >= 15 is 0 Å². The molecule has 2 aromatic carbocycles. The number of hydrogen-bond acceptors (Lipinski definition) is 4. The number of nitrogens with one attached hydrogen (secondary N) is 2. The van der Waals surface area contributed by atoms with Gasteiger partial charge < -0.3 is 25.2 Å². The molecule has 196 valence electrons. The molecule has 9 heteroatoms. The summed E-state index contributed by atoms with van der Waals surface area (Å²) in [6.07, 6.45) is 3.08. The zero-order valence-corrected chi connectivity index (χ0v) is 21.3. The number of β-amino-alcohol motifs (C(OH)–C–C–N with tert-alkyl or cyclic N) is 1. The summed E-state index contributed by atoms with van der Waals surface area (Å²) < 4.78 is 27.5. The maximum Gasteiger partial charge on any atom is 0.270 e. The second kappa shape index (κ2) is 9.57. The SMILES string of the molecule is O=C(c1cc2c(F)cc(F)cc2[nH]1)N1CCC([C@H](O)CN2CCC3(CC2)CNc2cc(Cl)ccc23)CC1. The van der Waals surface area contributed by atoms with Crippen LogP contribution in [0.4, 0.5) is 14.5 Å². The lowest BCUT2D eigenvalue weighted by Crippen LogP contribution is -2.48. The summed E-state index contributed by atoms with van der Waals surface area (Å²) in [6, 6.07) is 9.59. The van der Waals surface area contributed by atoms with Crippen LogP contribution >= 0.6 is 11.6 Å². The van der Waals surface area contributed by atoms with Crippen molar-refractivity contribution < 1.29 is 18.7 Å². The van der Waals surface area contributed by atoms with Gasteiger partial charge in [0.2, 0.25) is 0 Å². The quantitative estimate of drug-likeness (QED) is 0.456. The molecular weight excluding hydrogens is 498 g/mol. The fourth-order valence-corrected chi connectivity index (χ4v) is 6.61. The lowest BCUT2D eigenvalue weighted by molar-refractivity contribution is 0.0203. The van der Waals surface area contributed by atoms with Gasteiger partial charge in [-0.1, -0.05) is 17.7 Å². The van der Waals surface area contributed by atoms with E-state index in [0.29, 0.717) is 32.5 Å². The molecule has 37 heavy (non-hydrogen) atoms. The number of aromatic nitrogens is 1. The van der Waals surface area contributed by atoms with Crippen molar-refractivity contribution in [1.29, 1.82) is 0 Å². The van der Waals surface area contributed by atoms with Crippen molar-refractivity contribution in [2.45, 2.75) is 37.2 Å². The number of H-pyrrole nitrogens is 1. The van der Waals surface area contributed by atoms with E-state index in [0.717, 1.165) is 49.3 Å². The van der Waals surface area contributed by atoms with E-state index in [9.17, 15) is 18.7 Å². The molecule has 0 aliphatic carbocycles. The molecule has 3 aromatic rings. The molecule has 1 atom stereocenters. The van der Waals surface area contributed by atoms with Crippen molar-refractivity contribution in [1.82, 2.24) is 14.8 Å². The maximum absolute atomic E-state index is 14.0. The Morgan fingerprint density at radius 1 is 1.11 bits per heavy atom. The topological polar surface area (TPSA) is 71.6 Å². The second-order valence-electron chi connectivity index (χ2n) is 10.9. The number of nitrogens with zero attached hydrogens (tertiary/aromatic N) is 2. The molecule has 2 fully saturated rings. The first-order valence-electron chi connectivity index (χ1n) is 13.0. The van der Waals surface area contributed by atoms with Crippen LogP contribution in [0.1, 0.15) is 41.7 Å². The minimum atomic E-state index is -0.687. The molecule has 2 saturated heterocycles. The summed E-state index contributed by atoms with van der Waals surface area (Å²) in [5.41, 5.74) is 3.18. The van der Waals surface area contributed by atoms with Crippen molar-refractivity contribution in [2.75, 3.05) is 44.6 Å². The zero-order valence-electron chi connectivity index (χ0n) is 20.6. The van der Waals surface area contributed by atoms with Crippen molar-refractivity contribution in [3.63, 3.8) is 0 Å². The highest BCUT2D eigenvalue weighted by molar-refractivity contribution is 6.30. The number of hydrogen-bond donors (Lipinski definition) is 3. The number of benzene rings is 2. The van der Waals surface area contributed by atoms with E-state index in [1.807, 2.05) is 12.1 Å². The maximum atomic E-state index is 14.0. The molecule has 6 rings (SSSR count). The number of anilines is 1. The monoisotopic (exact) mass is 528 g/mol. The molecule has 1 spiro atoms. The Labute approximate surface area is 219 Å². The Kier molecular flexibility index (Phi) is 6.37. The van der Waals surface area contributed by atoms with Crippen LogP contribution in [0.25, 0.3) is 10.9 Å². The molecule has 4 heterocycles. The van der Waals surface area contributed by atoms with E-state index in [-0.39, 0.29) is 33.8 Å². The minimum Gasteiger partial charge on any atom is -0.392 e. The van der Waals surface area contributed by atoms with E-state index in [1.165, 1.54) is 17.7 Å². The summed E-state index contributed by atoms with van der Waals surface area (Å²) in [4.78, 5) is 19.9. The number of halogens is 3. The van der Waals surface area contributed by atoms with Gasteiger partial charge in [0, 0.05) is 53.8 Å². The Morgan fingerprint density at radius 3 is 2.62 bits per heavy atom. The Hall–Kier alpha value is -2.68. The molecule has 3 N–H and O–H groups in total. The molecule has 3 aliphatic rings. The highest BCUT2D eigenvalue weighted by atomic mass is 35.5. The third-order valence-corrected chi connectivity index (χ3v) is 8.92. The lowest BCUT2D eigenvalue weighted by atomic mass is 9.74. The number of likely N-dealkylation sites (tertiary alicyclic amines) is 2. The number of piperidine rings is 2. The third kappa shape index (κ3) is 4.60. The third-order valence-electron chi connectivity index (χ3n) is 8.68. The van der Waals surface area contributed by atoms with E-state index in [2.05, 4.69) is 21.3 Å². The smallest absolute Gasteiger partial charge is 0.270 e. The molecule has 1 amide bonds. The van der Waals surface area contributed by atoms with Gasteiger partial charge in [-0.2, -0.15) is 0 Å². The summed E-state index contributed by atoms with van der Waals surface area (Å²) >= 11 is 6.16. The molecule has 3 aliphatic heterocycles. The first-order chi connectivity index (χ1) is 17.8. The molecule has 0 radical (unpaired) electrons. The number of carbonyl (C=O) groups excluding carboxylic acids is 1. The zero-order chi connectivity index (χ0) is 25.7. The van der Waals surface area contributed by atoms with Crippen LogP contribution in [-0.4, -0.2) is 71.2 Å². The molecule has 6 nitrogen and oxygen atoms in total. The molecule has 0 unspecified atom stereocenters. The fourth-order valence-electron chi connectivity index (χ4n) is 6.44. The molecule has 1 aromatic heterocycles. The van der Waals surface area contributed by atoms with Gasteiger partial charge in [-0.05, 0) is 74.5 Å². The van der Waals surface area contributed by atoms with E-state index < -0.39 is 17.7 Å². The van der Waals surface area contributed by atoms with E-state index in [1.54, 1.807) is 4.90 Å². The van der Waals surface area contributed by atoms with Gasteiger partial charge in [0.05, 0.1) is 11.6 Å². The van der Waals surface area contributed by atoms with Crippen LogP contribution in [0, 0.1) is 17.6 Å². The predicted molar refractivity (Wildman–Crippen MR) is 140 cm³/mol. The van der Waals surface area contributed by atoms with Crippen LogP contribution < -0.4 is 5.32 Å². The van der Waals surface area contributed by atoms with E-state index in [4.69, 9.17) is 11.6 Å². The average Bonchev–Trinajstić information content (AvgIpc) is 3.47. The summed E-state index contributed by atoms with van der Waals surface area (Å²) in [5, 5.41) is 15.5. The Morgan fingerprint density at radius 2 is 1.86 bits per heavy atom. The van der Waals surface area contributed by atoms with Gasteiger partial charge in [-0.3, -0.25) is 4.79 Å². The average molecular weight is 529 g/mol. The van der Waals surface area contributed by atoms with Crippen molar-refractivity contribution in [3.05, 3.63) is 64.3 Å². The van der Waals surface area contributed by atoms with Crippen molar-refractivity contribution >= 4 is 34.1 Å². The van der Waals surface area contributed by atoms with Gasteiger partial charge in [-0.15, -0.1) is 0 Å². The van der Waals surface area contributed by atoms with Crippen molar-refractivity contribution in [2.24, 2.45) is 5.92 Å². The number of rotatable bonds is 4. The second-order valence-corrected chi connectivity index (χ2v) is 11.3. The number of aliphatic hydroxyl groups excluding tert-OH is 1. The van der Waals surface area contributed by atoms with Crippen LogP contribution in [0.5, 0.6) is 0 Å². The minimum absolute atomic E-state index is 0.130. The van der Waals surface area contributed by atoms with Gasteiger partial charge in [0.1, 0.15) is 17.3 Å². The summed E-state index contributed by atoms with van der Waals surface area (Å²) in [6.45, 7) is 4.51. The Balaban J connectivity index is 1.01. The molecule has 0 saturated carbocycles. The number of aliphatic hydroxyl groups is 1. The normalized spacial score (nSPS) is 20.8. The van der Waals surface area contributed by atoms with Crippen LogP contribution in [0.2, 0.25) is 5.02 Å². The lowest BCUT2D eigenvalue weighted by Gasteiger charge is -2.41. The highest BCUT2D eigenvalue weighted by Gasteiger charge is 2.42. The first kappa shape index (κ1) is 24.6. The van der Waals surface area contributed by atoms with Crippen LogP contribution in [-0.2, 0) is 5.41 Å². The van der Waals surface area contributed by atoms with Crippen molar-refractivity contribution in [3.8, 4) is 0 Å². The van der Waals surface area contributed by atoms with Crippen LogP contribution in [0.15, 0.2) is 36.4 Å². The Bertz CT molecular complexity index is 1330. The predicted octanol–water partition coefficient (Wildman–Crippen LogP) is 4.77. The highest BCUT2D eigenvalue weighted by Crippen LogP contribution is 2.44. The number of aromatic amines is 1. The van der Waals surface area contributed by atoms with Gasteiger partial charge in [0.15, 0.2) is 0 Å². The standard InChI is InChI=1S/C28H31ClF2N4O2/c29-18-1-2-21-24(11-18)32-16-28(21)5-9-34(10-6-28)15-26(36)17-3-7-35(8-4-17)27(37)25-14-20-22(31)12-19(30)13-23(20)33-25/h1-2,11-14,17,26,32-33,36H,3-10,15-16H2/t26-/m1/s1. The largest absolute Gasteiger partial charge is 0.392 e.